The molecule has 0 radical (unpaired) electrons. The number of hydrogen-bond donors (Lipinski definition) is 1. The fraction of sp³-hybridized carbons (Fsp3) is 0.143. The Balaban J connectivity index is 1.84. The van der Waals surface area contributed by atoms with Gasteiger partial charge in [-0.2, -0.15) is 5.26 Å². The molecule has 1 heterocycles. The van der Waals surface area contributed by atoms with Crippen LogP contribution in [-0.4, -0.2) is 12.1 Å². The second-order valence-electron chi connectivity index (χ2n) is 5.75. The molecule has 0 unspecified atom stereocenters. The number of nitrogens with one attached hydrogen (secondary N) is 1. The highest BCUT2D eigenvalue weighted by atomic mass is 35.5. The van der Waals surface area contributed by atoms with Gasteiger partial charge in [0.25, 0.3) is 0 Å². The van der Waals surface area contributed by atoms with E-state index in [-0.39, 0.29) is 0 Å². The number of allylic oxidation sites excluding steroid dienone is 1. The second kappa shape index (κ2) is 8.72. The van der Waals surface area contributed by atoms with Crippen LogP contribution in [0.3, 0.4) is 0 Å². The number of methoxy groups -OCH3 is 1. The van der Waals surface area contributed by atoms with E-state index in [0.717, 1.165) is 17.7 Å². The number of hydrogen-bond acceptors (Lipinski definition) is 5. The number of anilines is 1. The number of ether oxygens (including phenoxy) is 1. The summed E-state index contributed by atoms with van der Waals surface area (Å²) >= 11 is 7.48. The minimum Gasteiger partial charge on any atom is -0.495 e. The Bertz CT molecular complexity index is 1000. The van der Waals surface area contributed by atoms with Crippen molar-refractivity contribution in [2.45, 2.75) is 13.3 Å². The molecule has 0 saturated carbocycles. The number of nitrogens with zero attached hydrogens (tertiary/aromatic N) is 2. The fourth-order valence-electron chi connectivity index (χ4n) is 2.53. The Morgan fingerprint density at radius 3 is 2.74 bits per heavy atom. The van der Waals surface area contributed by atoms with E-state index in [1.807, 2.05) is 5.38 Å². The highest BCUT2D eigenvalue weighted by molar-refractivity contribution is 7.11. The Labute approximate surface area is 167 Å². The highest BCUT2D eigenvalue weighted by Gasteiger charge is 2.10. The van der Waals surface area contributed by atoms with Crippen LogP contribution < -0.4 is 10.1 Å². The molecule has 1 aromatic heterocycles. The Kier molecular flexibility index (Phi) is 6.12. The lowest BCUT2D eigenvalue weighted by Crippen LogP contribution is -1.95. The average molecular weight is 396 g/mol. The maximum absolute atomic E-state index is 9.54. The third-order valence-corrected chi connectivity index (χ3v) is 5.16. The number of aryl methyl sites for hydroxylation is 1. The van der Waals surface area contributed by atoms with Crippen LogP contribution in [0.1, 0.15) is 17.5 Å². The molecule has 6 heteroatoms. The predicted octanol–water partition coefficient (Wildman–Crippen LogP) is 6.01. The maximum atomic E-state index is 9.54. The smallest absolute Gasteiger partial charge is 0.142 e. The van der Waals surface area contributed by atoms with Gasteiger partial charge in [0.15, 0.2) is 0 Å². The zero-order valence-electron chi connectivity index (χ0n) is 15.0. The van der Waals surface area contributed by atoms with Crippen molar-refractivity contribution >= 4 is 34.2 Å². The van der Waals surface area contributed by atoms with Gasteiger partial charge in [0, 0.05) is 22.2 Å². The zero-order valence-corrected chi connectivity index (χ0v) is 16.6. The number of thiazole rings is 1. The molecule has 0 bridgehead atoms. The standard InChI is InChI=1S/C21H18ClN3OS/c1-3-14-4-6-15(7-5-14)19-13-27-21(25-19)16(11-23)12-24-18-10-17(22)8-9-20(18)26-2/h4-10,12-13,24H,3H2,1-2H3/b16-12+. The lowest BCUT2D eigenvalue weighted by Gasteiger charge is -2.08. The number of nitriles is 1. The largest absolute Gasteiger partial charge is 0.495 e. The van der Waals surface area contributed by atoms with Crippen LogP contribution in [-0.2, 0) is 6.42 Å². The fourth-order valence-corrected chi connectivity index (χ4v) is 3.49. The van der Waals surface area contributed by atoms with E-state index in [0.29, 0.717) is 27.0 Å². The molecule has 0 atom stereocenters. The van der Waals surface area contributed by atoms with E-state index in [1.54, 1.807) is 31.5 Å². The van der Waals surface area contributed by atoms with Crippen molar-refractivity contribution in [1.29, 1.82) is 5.26 Å². The van der Waals surface area contributed by atoms with Gasteiger partial charge in [0.2, 0.25) is 0 Å². The van der Waals surface area contributed by atoms with Crippen LogP contribution in [0.4, 0.5) is 5.69 Å². The van der Waals surface area contributed by atoms with Crippen molar-refractivity contribution in [3.8, 4) is 23.1 Å². The van der Waals surface area contributed by atoms with Crippen molar-refractivity contribution in [3.63, 3.8) is 0 Å². The van der Waals surface area contributed by atoms with Gasteiger partial charge in [0.05, 0.1) is 18.5 Å². The first-order chi connectivity index (χ1) is 13.1. The quantitative estimate of drug-likeness (QED) is 0.519. The topological polar surface area (TPSA) is 57.9 Å². The van der Waals surface area contributed by atoms with Gasteiger partial charge in [-0.15, -0.1) is 11.3 Å². The lowest BCUT2D eigenvalue weighted by atomic mass is 10.1. The molecule has 0 aliphatic heterocycles. The molecule has 136 valence electrons. The molecule has 4 nitrogen and oxygen atoms in total. The van der Waals surface area contributed by atoms with E-state index in [2.05, 4.69) is 47.6 Å². The average Bonchev–Trinajstić information content (AvgIpc) is 3.19. The van der Waals surface area contributed by atoms with Crippen LogP contribution in [0.15, 0.2) is 54.0 Å². The van der Waals surface area contributed by atoms with Crippen LogP contribution in [0.25, 0.3) is 16.8 Å². The van der Waals surface area contributed by atoms with E-state index in [1.165, 1.54) is 16.9 Å². The summed E-state index contributed by atoms with van der Waals surface area (Å²) in [5, 5.41) is 15.8. The van der Waals surface area contributed by atoms with E-state index in [4.69, 9.17) is 16.3 Å². The van der Waals surface area contributed by atoms with Gasteiger partial charge in [-0.3, -0.25) is 0 Å². The summed E-state index contributed by atoms with van der Waals surface area (Å²) in [7, 11) is 1.58. The molecule has 0 fully saturated rings. The van der Waals surface area contributed by atoms with Crippen LogP contribution >= 0.6 is 22.9 Å². The van der Waals surface area contributed by atoms with Crippen LogP contribution in [0, 0.1) is 11.3 Å². The van der Waals surface area contributed by atoms with Crippen molar-refractivity contribution < 1.29 is 4.74 Å². The Morgan fingerprint density at radius 2 is 2.07 bits per heavy atom. The molecule has 3 aromatic rings. The Morgan fingerprint density at radius 1 is 1.30 bits per heavy atom. The summed E-state index contributed by atoms with van der Waals surface area (Å²) in [6.07, 6.45) is 2.62. The SMILES string of the molecule is CCc1ccc(-c2csc(/C(C#N)=C/Nc3cc(Cl)ccc3OC)n2)cc1. The monoisotopic (exact) mass is 395 g/mol. The van der Waals surface area contributed by atoms with Gasteiger partial charge in [-0.25, -0.2) is 4.98 Å². The van der Waals surface area contributed by atoms with Gasteiger partial charge < -0.3 is 10.1 Å². The molecule has 1 N–H and O–H groups in total. The number of aromatic nitrogens is 1. The van der Waals surface area contributed by atoms with Gasteiger partial charge in [-0.05, 0) is 30.2 Å². The molecule has 0 aliphatic carbocycles. The molecule has 0 aliphatic rings. The molecule has 0 saturated heterocycles. The van der Waals surface area contributed by atoms with Crippen molar-refractivity contribution in [2.24, 2.45) is 0 Å². The molecule has 3 rings (SSSR count). The van der Waals surface area contributed by atoms with Crippen molar-refractivity contribution in [2.75, 3.05) is 12.4 Å². The first-order valence-corrected chi connectivity index (χ1v) is 9.66. The zero-order chi connectivity index (χ0) is 19.2. The summed E-state index contributed by atoms with van der Waals surface area (Å²) in [5.74, 6) is 0.642. The minimum absolute atomic E-state index is 0.443. The minimum atomic E-state index is 0.443. The van der Waals surface area contributed by atoms with Crippen molar-refractivity contribution in [1.82, 2.24) is 4.98 Å². The molecule has 0 amide bonds. The summed E-state index contributed by atoms with van der Waals surface area (Å²) in [4.78, 5) is 4.61. The summed E-state index contributed by atoms with van der Waals surface area (Å²) in [5.41, 5.74) is 4.31. The molecule has 2 aromatic carbocycles. The van der Waals surface area contributed by atoms with Gasteiger partial charge in [-0.1, -0.05) is 42.8 Å². The normalized spacial score (nSPS) is 11.1. The van der Waals surface area contributed by atoms with Crippen LogP contribution in [0.2, 0.25) is 5.02 Å². The molecular weight excluding hydrogens is 378 g/mol. The van der Waals surface area contributed by atoms with Gasteiger partial charge >= 0.3 is 0 Å². The first kappa shape index (κ1) is 19.0. The second-order valence-corrected chi connectivity index (χ2v) is 7.04. The highest BCUT2D eigenvalue weighted by Crippen LogP contribution is 2.30. The number of halogens is 1. The third kappa shape index (κ3) is 4.48. The third-order valence-electron chi connectivity index (χ3n) is 4.05. The van der Waals surface area contributed by atoms with Crippen LogP contribution in [0.5, 0.6) is 5.75 Å². The first-order valence-electron chi connectivity index (χ1n) is 8.40. The Hall–Kier alpha value is -2.81. The number of benzene rings is 2. The molecule has 0 spiro atoms. The summed E-state index contributed by atoms with van der Waals surface area (Å²) in [6, 6.07) is 15.8. The maximum Gasteiger partial charge on any atom is 0.142 e. The van der Waals surface area contributed by atoms with E-state index in [9.17, 15) is 5.26 Å². The summed E-state index contributed by atoms with van der Waals surface area (Å²) < 4.78 is 5.31. The number of rotatable bonds is 6. The molecular formula is C21H18ClN3OS. The van der Waals surface area contributed by atoms with Crippen molar-refractivity contribution in [3.05, 3.63) is 69.6 Å². The van der Waals surface area contributed by atoms with E-state index < -0.39 is 0 Å². The van der Waals surface area contributed by atoms with E-state index >= 15 is 0 Å². The molecule has 27 heavy (non-hydrogen) atoms. The summed E-state index contributed by atoms with van der Waals surface area (Å²) in [6.45, 7) is 2.13. The van der Waals surface area contributed by atoms with Gasteiger partial charge in [0.1, 0.15) is 22.4 Å². The lowest BCUT2D eigenvalue weighted by molar-refractivity contribution is 0.417. The predicted molar refractivity (Wildman–Crippen MR) is 112 cm³/mol.